The zero-order valence-electron chi connectivity index (χ0n) is 10.2. The van der Waals surface area contributed by atoms with Crippen molar-refractivity contribution in [2.75, 3.05) is 6.54 Å². The number of aliphatic hydroxyl groups is 1. The minimum absolute atomic E-state index is 0.123. The summed E-state index contributed by atoms with van der Waals surface area (Å²) in [7, 11) is 0. The van der Waals surface area contributed by atoms with E-state index in [1.807, 2.05) is 0 Å². The molecule has 1 rings (SSSR count). The van der Waals surface area contributed by atoms with Crippen molar-refractivity contribution in [2.24, 2.45) is 10.9 Å². The number of benzene rings is 1. The minimum Gasteiger partial charge on any atom is -0.409 e. The molecule has 0 aromatic heterocycles. The average molecular weight is 255 g/mol. The number of nitrogens with one attached hydrogen (secondary N) is 1. The quantitative estimate of drug-likeness (QED) is 0.199. The fourth-order valence-electron chi connectivity index (χ4n) is 1.44. The largest absolute Gasteiger partial charge is 0.409 e. The van der Waals surface area contributed by atoms with Gasteiger partial charge in [0, 0.05) is 17.7 Å². The molecule has 1 unspecified atom stereocenters. The fraction of sp³-hybridized carbons (Fsp3) is 0.417. The molecule has 0 aliphatic rings. The predicted molar refractivity (Wildman–Crippen MR) is 66.9 cm³/mol. The summed E-state index contributed by atoms with van der Waals surface area (Å²) in [6.45, 7) is 2.68. The van der Waals surface area contributed by atoms with Crippen molar-refractivity contribution in [3.8, 4) is 0 Å². The summed E-state index contributed by atoms with van der Waals surface area (Å²) in [5.41, 5.74) is 6.19. The van der Waals surface area contributed by atoms with E-state index in [-0.39, 0.29) is 11.9 Å². The Hall–Kier alpha value is -1.66. The Morgan fingerprint density at radius 1 is 1.56 bits per heavy atom. The molecule has 0 heterocycles. The normalized spacial score (nSPS) is 13.6. The number of nitrogens with zero attached hydrogens (tertiary/aromatic N) is 1. The van der Waals surface area contributed by atoms with Gasteiger partial charge in [-0.1, -0.05) is 17.3 Å². The van der Waals surface area contributed by atoms with E-state index in [1.54, 1.807) is 19.1 Å². The minimum atomic E-state index is -0.413. The van der Waals surface area contributed by atoms with Gasteiger partial charge in [0.25, 0.3) is 0 Å². The summed E-state index contributed by atoms with van der Waals surface area (Å²) in [5, 5.41) is 23.4. The molecule has 0 spiro atoms. The lowest BCUT2D eigenvalue weighted by Crippen LogP contribution is -2.19. The van der Waals surface area contributed by atoms with E-state index in [9.17, 15) is 4.39 Å². The second-order valence-electron chi connectivity index (χ2n) is 4.11. The SMILES string of the molecule is CC(O)CCNCc1ccc(C(N)=NO)cc1F. The molecule has 18 heavy (non-hydrogen) atoms. The van der Waals surface area contributed by atoms with Crippen LogP contribution in [0.25, 0.3) is 0 Å². The number of amidine groups is 1. The zero-order valence-corrected chi connectivity index (χ0v) is 10.2. The first-order valence-corrected chi connectivity index (χ1v) is 5.69. The van der Waals surface area contributed by atoms with Crippen LogP contribution in [0.3, 0.4) is 0 Å². The highest BCUT2D eigenvalue weighted by molar-refractivity contribution is 5.97. The highest BCUT2D eigenvalue weighted by atomic mass is 19.1. The molecule has 0 aliphatic carbocycles. The van der Waals surface area contributed by atoms with Crippen LogP contribution in [-0.2, 0) is 6.54 Å². The molecule has 6 heteroatoms. The Morgan fingerprint density at radius 2 is 2.28 bits per heavy atom. The average Bonchev–Trinajstić information content (AvgIpc) is 2.34. The monoisotopic (exact) mass is 255 g/mol. The van der Waals surface area contributed by atoms with E-state index in [0.717, 1.165) is 0 Å². The van der Waals surface area contributed by atoms with Gasteiger partial charge in [0.2, 0.25) is 0 Å². The van der Waals surface area contributed by atoms with Crippen LogP contribution in [0.2, 0.25) is 0 Å². The Morgan fingerprint density at radius 3 is 2.83 bits per heavy atom. The van der Waals surface area contributed by atoms with Crippen LogP contribution in [0, 0.1) is 5.82 Å². The van der Waals surface area contributed by atoms with Gasteiger partial charge in [0.05, 0.1) is 6.10 Å². The number of aliphatic hydroxyl groups excluding tert-OH is 1. The first-order chi connectivity index (χ1) is 8.54. The van der Waals surface area contributed by atoms with Gasteiger partial charge in [-0.15, -0.1) is 0 Å². The summed E-state index contributed by atoms with van der Waals surface area (Å²) < 4.78 is 13.7. The standard InChI is InChI=1S/C12H18FN3O2/c1-8(17)4-5-15-7-10-3-2-9(6-11(10)13)12(14)16-18/h2-3,6,8,15,17-18H,4-5,7H2,1H3,(H2,14,16). The van der Waals surface area contributed by atoms with Crippen molar-refractivity contribution in [1.82, 2.24) is 5.32 Å². The lowest BCUT2D eigenvalue weighted by atomic mass is 10.1. The molecule has 100 valence electrons. The van der Waals surface area contributed by atoms with Gasteiger partial charge >= 0.3 is 0 Å². The van der Waals surface area contributed by atoms with E-state index in [4.69, 9.17) is 16.0 Å². The van der Waals surface area contributed by atoms with E-state index in [0.29, 0.717) is 30.6 Å². The summed E-state index contributed by atoms with van der Waals surface area (Å²) in [6.07, 6.45) is 0.245. The first-order valence-electron chi connectivity index (χ1n) is 5.69. The molecule has 1 aromatic rings. The third-order valence-corrected chi connectivity index (χ3v) is 2.51. The number of halogens is 1. The maximum absolute atomic E-state index is 13.7. The van der Waals surface area contributed by atoms with Crippen LogP contribution in [0.15, 0.2) is 23.4 Å². The van der Waals surface area contributed by atoms with Gasteiger partial charge in [-0.2, -0.15) is 0 Å². The van der Waals surface area contributed by atoms with Crippen LogP contribution in [0.4, 0.5) is 4.39 Å². The summed E-state index contributed by atoms with van der Waals surface area (Å²) in [5.74, 6) is -0.536. The van der Waals surface area contributed by atoms with Gasteiger partial charge in [-0.3, -0.25) is 0 Å². The molecule has 0 radical (unpaired) electrons. The number of hydrogen-bond donors (Lipinski definition) is 4. The number of rotatable bonds is 6. The Balaban J connectivity index is 2.58. The maximum Gasteiger partial charge on any atom is 0.170 e. The van der Waals surface area contributed by atoms with Crippen molar-refractivity contribution in [1.29, 1.82) is 0 Å². The maximum atomic E-state index is 13.7. The second kappa shape index (κ2) is 6.93. The molecule has 0 saturated carbocycles. The smallest absolute Gasteiger partial charge is 0.170 e. The van der Waals surface area contributed by atoms with Gasteiger partial charge < -0.3 is 21.4 Å². The second-order valence-corrected chi connectivity index (χ2v) is 4.11. The lowest BCUT2D eigenvalue weighted by Gasteiger charge is -2.08. The van der Waals surface area contributed by atoms with Gasteiger partial charge in [0.15, 0.2) is 5.84 Å². The molecule has 0 aliphatic heterocycles. The van der Waals surface area contributed by atoms with Crippen molar-refractivity contribution < 1.29 is 14.7 Å². The highest BCUT2D eigenvalue weighted by Gasteiger charge is 2.06. The first kappa shape index (κ1) is 14.4. The Kier molecular flexibility index (Phi) is 5.54. The number of hydrogen-bond acceptors (Lipinski definition) is 4. The van der Waals surface area contributed by atoms with Crippen molar-refractivity contribution in [2.45, 2.75) is 26.0 Å². The molecule has 0 saturated heterocycles. The summed E-state index contributed by atoms with van der Waals surface area (Å²) in [6, 6.07) is 4.39. The van der Waals surface area contributed by atoms with E-state index < -0.39 is 5.82 Å². The van der Waals surface area contributed by atoms with Gasteiger partial charge in [0.1, 0.15) is 5.82 Å². The van der Waals surface area contributed by atoms with Gasteiger partial charge in [-0.05, 0) is 26.0 Å². The van der Waals surface area contributed by atoms with Crippen LogP contribution in [-0.4, -0.2) is 28.8 Å². The van der Waals surface area contributed by atoms with Gasteiger partial charge in [-0.25, -0.2) is 4.39 Å². The fourth-order valence-corrected chi connectivity index (χ4v) is 1.44. The molecule has 0 bridgehead atoms. The van der Waals surface area contributed by atoms with Crippen LogP contribution in [0.5, 0.6) is 0 Å². The Labute approximate surface area is 105 Å². The molecular formula is C12H18FN3O2. The molecule has 1 aromatic carbocycles. The topological polar surface area (TPSA) is 90.9 Å². The summed E-state index contributed by atoms with van der Waals surface area (Å²) >= 11 is 0. The third-order valence-electron chi connectivity index (χ3n) is 2.51. The molecular weight excluding hydrogens is 237 g/mol. The van der Waals surface area contributed by atoms with Crippen molar-refractivity contribution >= 4 is 5.84 Å². The molecule has 0 fully saturated rings. The third kappa shape index (κ3) is 4.31. The van der Waals surface area contributed by atoms with E-state index >= 15 is 0 Å². The zero-order chi connectivity index (χ0) is 13.5. The Bertz CT molecular complexity index is 422. The number of oxime groups is 1. The van der Waals surface area contributed by atoms with Crippen LogP contribution >= 0.6 is 0 Å². The van der Waals surface area contributed by atoms with E-state index in [2.05, 4.69) is 10.5 Å². The molecule has 0 amide bonds. The van der Waals surface area contributed by atoms with Crippen molar-refractivity contribution in [3.05, 3.63) is 35.1 Å². The molecule has 1 atom stereocenters. The van der Waals surface area contributed by atoms with Crippen molar-refractivity contribution in [3.63, 3.8) is 0 Å². The number of nitrogens with two attached hydrogens (primary N) is 1. The summed E-state index contributed by atoms with van der Waals surface area (Å²) in [4.78, 5) is 0. The molecule has 5 nitrogen and oxygen atoms in total. The predicted octanol–water partition coefficient (Wildman–Crippen LogP) is 0.781. The lowest BCUT2D eigenvalue weighted by molar-refractivity contribution is 0.183. The van der Waals surface area contributed by atoms with Crippen LogP contribution in [0.1, 0.15) is 24.5 Å². The van der Waals surface area contributed by atoms with E-state index in [1.165, 1.54) is 6.07 Å². The molecule has 5 N–H and O–H groups in total. The van der Waals surface area contributed by atoms with Crippen LogP contribution < -0.4 is 11.1 Å². The highest BCUT2D eigenvalue weighted by Crippen LogP contribution is 2.10.